The predicted octanol–water partition coefficient (Wildman–Crippen LogP) is 4.10. The van der Waals surface area contributed by atoms with Crippen molar-refractivity contribution in [2.45, 2.75) is 39.3 Å². The molecule has 1 atom stereocenters. The summed E-state index contributed by atoms with van der Waals surface area (Å²) in [5.74, 6) is -0.00779. The van der Waals surface area contributed by atoms with E-state index in [1.165, 1.54) is 13.0 Å². The van der Waals surface area contributed by atoms with Crippen LogP contribution in [0.25, 0.3) is 0 Å². The lowest BCUT2D eigenvalue weighted by Crippen LogP contribution is -2.08. The number of ketones is 1. The number of carbonyl (C=O) groups is 1. The second kappa shape index (κ2) is 4.90. The van der Waals surface area contributed by atoms with Crippen molar-refractivity contribution in [3.63, 3.8) is 0 Å². The van der Waals surface area contributed by atoms with Crippen molar-refractivity contribution in [2.24, 2.45) is 0 Å². The Morgan fingerprint density at radius 3 is 2.35 bits per heavy atom. The molecule has 1 aromatic carbocycles. The zero-order valence-corrected chi connectivity index (χ0v) is 10.1. The van der Waals surface area contributed by atoms with E-state index in [4.69, 9.17) is 0 Å². The van der Waals surface area contributed by atoms with Crippen molar-refractivity contribution >= 4 is 5.78 Å². The van der Waals surface area contributed by atoms with Crippen LogP contribution in [-0.2, 0) is 11.0 Å². The Labute approximate surface area is 98.6 Å². The standard InChI is InChI=1S/C13H15F3O/c1-8(6-10(3)17)12-5-4-11(7-9(12)2)13(14,15)16/h4-5,7-8H,6H2,1-3H3. The lowest BCUT2D eigenvalue weighted by molar-refractivity contribution is -0.137. The highest BCUT2D eigenvalue weighted by Gasteiger charge is 2.30. The van der Waals surface area contributed by atoms with Gasteiger partial charge in [0.1, 0.15) is 5.78 Å². The highest BCUT2D eigenvalue weighted by Crippen LogP contribution is 2.32. The fourth-order valence-electron chi connectivity index (χ4n) is 1.95. The maximum atomic E-state index is 12.5. The molecular formula is C13H15F3O. The zero-order valence-electron chi connectivity index (χ0n) is 10.1. The predicted molar refractivity (Wildman–Crippen MR) is 59.9 cm³/mol. The molecular weight excluding hydrogens is 229 g/mol. The van der Waals surface area contributed by atoms with E-state index in [2.05, 4.69) is 0 Å². The van der Waals surface area contributed by atoms with Crippen LogP contribution in [0.2, 0.25) is 0 Å². The van der Waals surface area contributed by atoms with Crippen molar-refractivity contribution < 1.29 is 18.0 Å². The minimum Gasteiger partial charge on any atom is -0.300 e. The molecule has 0 aromatic heterocycles. The molecule has 1 unspecified atom stereocenters. The van der Waals surface area contributed by atoms with E-state index < -0.39 is 11.7 Å². The van der Waals surface area contributed by atoms with E-state index in [0.717, 1.165) is 17.7 Å². The fraction of sp³-hybridized carbons (Fsp3) is 0.462. The summed E-state index contributed by atoms with van der Waals surface area (Å²) in [6.07, 6.45) is -3.96. The molecule has 0 saturated carbocycles. The summed E-state index contributed by atoms with van der Waals surface area (Å²) in [7, 11) is 0. The van der Waals surface area contributed by atoms with Crippen LogP contribution in [0.1, 0.15) is 42.9 Å². The SMILES string of the molecule is CC(=O)CC(C)c1ccc(C(F)(F)F)cc1C. The van der Waals surface area contributed by atoms with Gasteiger partial charge < -0.3 is 4.79 Å². The van der Waals surface area contributed by atoms with Gasteiger partial charge in [-0.25, -0.2) is 0 Å². The third-order valence-electron chi connectivity index (χ3n) is 2.72. The van der Waals surface area contributed by atoms with E-state index >= 15 is 0 Å². The van der Waals surface area contributed by atoms with Gasteiger partial charge in [-0.05, 0) is 43.0 Å². The molecule has 0 amide bonds. The first-order valence-corrected chi connectivity index (χ1v) is 5.39. The Kier molecular flexibility index (Phi) is 3.96. The van der Waals surface area contributed by atoms with Crippen molar-refractivity contribution in [1.29, 1.82) is 0 Å². The Hall–Kier alpha value is -1.32. The van der Waals surface area contributed by atoms with Gasteiger partial charge >= 0.3 is 6.18 Å². The number of carbonyl (C=O) groups excluding carboxylic acids is 1. The van der Waals surface area contributed by atoms with Crippen molar-refractivity contribution in [3.05, 3.63) is 34.9 Å². The van der Waals surface area contributed by atoms with E-state index in [0.29, 0.717) is 12.0 Å². The van der Waals surface area contributed by atoms with Gasteiger partial charge in [0, 0.05) is 6.42 Å². The van der Waals surface area contributed by atoms with Crippen LogP contribution in [0, 0.1) is 6.92 Å². The summed E-state index contributed by atoms with van der Waals surface area (Å²) < 4.78 is 37.4. The number of halogens is 3. The Morgan fingerprint density at radius 2 is 1.94 bits per heavy atom. The van der Waals surface area contributed by atoms with Crippen molar-refractivity contribution in [3.8, 4) is 0 Å². The van der Waals surface area contributed by atoms with E-state index in [-0.39, 0.29) is 11.7 Å². The second-order valence-electron chi connectivity index (χ2n) is 4.38. The Balaban J connectivity index is 3.02. The van der Waals surface area contributed by atoms with Crippen LogP contribution in [0.4, 0.5) is 13.2 Å². The zero-order chi connectivity index (χ0) is 13.2. The molecule has 4 heteroatoms. The third kappa shape index (κ3) is 3.58. The summed E-state index contributed by atoms with van der Waals surface area (Å²) in [6, 6.07) is 3.66. The first-order valence-electron chi connectivity index (χ1n) is 5.39. The van der Waals surface area contributed by atoms with Gasteiger partial charge in [0.05, 0.1) is 5.56 Å². The molecule has 1 aromatic rings. The normalized spacial score (nSPS) is 13.5. The molecule has 1 nitrogen and oxygen atoms in total. The van der Waals surface area contributed by atoms with E-state index in [1.807, 2.05) is 6.92 Å². The molecule has 0 radical (unpaired) electrons. The quantitative estimate of drug-likeness (QED) is 0.782. The number of hydrogen-bond acceptors (Lipinski definition) is 1. The number of rotatable bonds is 3. The maximum absolute atomic E-state index is 12.5. The molecule has 94 valence electrons. The maximum Gasteiger partial charge on any atom is 0.416 e. The minimum atomic E-state index is -4.31. The smallest absolute Gasteiger partial charge is 0.300 e. The highest BCUT2D eigenvalue weighted by atomic mass is 19.4. The van der Waals surface area contributed by atoms with Crippen molar-refractivity contribution in [2.75, 3.05) is 0 Å². The summed E-state index contributed by atoms with van der Waals surface area (Å²) in [5, 5.41) is 0. The minimum absolute atomic E-state index is 0.0387. The van der Waals surface area contributed by atoms with Gasteiger partial charge in [0.25, 0.3) is 0 Å². The number of hydrogen-bond donors (Lipinski definition) is 0. The van der Waals surface area contributed by atoms with Crippen LogP contribution in [0.3, 0.4) is 0 Å². The molecule has 0 spiro atoms. The average Bonchev–Trinajstić information content (AvgIpc) is 2.14. The van der Waals surface area contributed by atoms with Crippen LogP contribution in [-0.4, -0.2) is 5.78 Å². The van der Waals surface area contributed by atoms with Gasteiger partial charge in [-0.2, -0.15) is 13.2 Å². The number of Topliss-reactive ketones (excluding diaryl/α,β-unsaturated/α-hetero) is 1. The summed E-state index contributed by atoms with van der Waals surface area (Å²) in [6.45, 7) is 4.97. The largest absolute Gasteiger partial charge is 0.416 e. The molecule has 17 heavy (non-hydrogen) atoms. The van der Waals surface area contributed by atoms with Crippen LogP contribution in [0.15, 0.2) is 18.2 Å². The molecule has 1 rings (SSSR count). The number of benzene rings is 1. The molecule has 0 fully saturated rings. The van der Waals surface area contributed by atoms with Crippen LogP contribution in [0.5, 0.6) is 0 Å². The number of aryl methyl sites for hydroxylation is 1. The van der Waals surface area contributed by atoms with Gasteiger partial charge in [-0.1, -0.05) is 13.0 Å². The van der Waals surface area contributed by atoms with Gasteiger partial charge in [-0.3, -0.25) is 0 Å². The fourth-order valence-corrected chi connectivity index (χ4v) is 1.95. The summed E-state index contributed by atoms with van der Waals surface area (Å²) >= 11 is 0. The first-order chi connectivity index (χ1) is 7.71. The van der Waals surface area contributed by atoms with E-state index in [1.54, 1.807) is 6.92 Å². The van der Waals surface area contributed by atoms with Gasteiger partial charge in [-0.15, -0.1) is 0 Å². The highest BCUT2D eigenvalue weighted by molar-refractivity contribution is 5.76. The first kappa shape index (κ1) is 13.7. The van der Waals surface area contributed by atoms with Crippen molar-refractivity contribution in [1.82, 2.24) is 0 Å². The summed E-state index contributed by atoms with van der Waals surface area (Å²) in [5.41, 5.74) is 0.732. The Morgan fingerprint density at radius 1 is 1.35 bits per heavy atom. The molecule has 0 heterocycles. The third-order valence-corrected chi connectivity index (χ3v) is 2.72. The van der Waals surface area contributed by atoms with E-state index in [9.17, 15) is 18.0 Å². The molecule has 0 bridgehead atoms. The topological polar surface area (TPSA) is 17.1 Å². The molecule has 0 aliphatic rings. The van der Waals surface area contributed by atoms with Crippen LogP contribution >= 0.6 is 0 Å². The van der Waals surface area contributed by atoms with Crippen LogP contribution < -0.4 is 0 Å². The lowest BCUT2D eigenvalue weighted by atomic mass is 9.91. The molecule has 0 aliphatic heterocycles. The molecule has 0 saturated heterocycles. The molecule has 0 N–H and O–H groups in total. The average molecular weight is 244 g/mol. The van der Waals surface area contributed by atoms with Gasteiger partial charge in [0.2, 0.25) is 0 Å². The Bertz CT molecular complexity index is 421. The number of alkyl halides is 3. The monoisotopic (exact) mass is 244 g/mol. The summed E-state index contributed by atoms with van der Waals surface area (Å²) in [4.78, 5) is 11.0. The lowest BCUT2D eigenvalue weighted by Gasteiger charge is -2.15. The van der Waals surface area contributed by atoms with Gasteiger partial charge in [0.15, 0.2) is 0 Å². The second-order valence-corrected chi connectivity index (χ2v) is 4.38. The molecule has 0 aliphatic carbocycles.